The summed E-state index contributed by atoms with van der Waals surface area (Å²) in [5.41, 5.74) is 0.104. The zero-order valence-corrected chi connectivity index (χ0v) is 14.0. The molecule has 0 N–H and O–H groups in total. The summed E-state index contributed by atoms with van der Waals surface area (Å²) in [5.74, 6) is -1.30. The van der Waals surface area contributed by atoms with Crippen LogP contribution in [-0.4, -0.2) is 50.5 Å². The van der Waals surface area contributed by atoms with Crippen molar-refractivity contribution in [1.82, 2.24) is 4.31 Å². The monoisotopic (exact) mass is 353 g/mol. The van der Waals surface area contributed by atoms with Gasteiger partial charge in [0.05, 0.1) is 17.1 Å². The molecule has 8 heteroatoms. The molecular weight excluding hydrogens is 334 g/mol. The van der Waals surface area contributed by atoms with Crippen LogP contribution in [0.1, 0.15) is 36.0 Å². The Bertz CT molecular complexity index is 739. The molecule has 0 bridgehead atoms. The summed E-state index contributed by atoms with van der Waals surface area (Å²) < 4.78 is 36.6. The van der Waals surface area contributed by atoms with Crippen molar-refractivity contribution in [1.29, 1.82) is 0 Å². The Kier molecular flexibility index (Phi) is 4.86. The van der Waals surface area contributed by atoms with Gasteiger partial charge < -0.3 is 9.47 Å². The van der Waals surface area contributed by atoms with Crippen LogP contribution in [0, 0.1) is 0 Å². The third-order valence-corrected chi connectivity index (χ3v) is 6.05. The standard InChI is InChI=1S/C16H19NO6S/c18-15(23-14-7-10-22-16(14)19)12-5-4-6-13(11-12)24(20,21)17-8-2-1-3-9-17/h4-6,11,14H,1-3,7-10H2/t14-/m0/s1. The molecule has 24 heavy (non-hydrogen) atoms. The highest BCUT2D eigenvalue weighted by Crippen LogP contribution is 2.22. The minimum absolute atomic E-state index is 0.0628. The van der Waals surface area contributed by atoms with E-state index in [4.69, 9.17) is 9.47 Å². The van der Waals surface area contributed by atoms with Gasteiger partial charge in [0.1, 0.15) is 0 Å². The lowest BCUT2D eigenvalue weighted by molar-refractivity contribution is -0.145. The van der Waals surface area contributed by atoms with Gasteiger partial charge in [-0.25, -0.2) is 18.0 Å². The SMILES string of the molecule is O=C(O[C@H]1CCOC1=O)c1cccc(S(=O)(=O)N2CCCCC2)c1. The Labute approximate surface area is 140 Å². The maximum atomic E-state index is 12.7. The van der Waals surface area contributed by atoms with E-state index in [1.807, 2.05) is 0 Å². The fourth-order valence-electron chi connectivity index (χ4n) is 2.82. The number of benzene rings is 1. The number of sulfonamides is 1. The minimum atomic E-state index is -3.62. The second-order valence-electron chi connectivity index (χ2n) is 5.84. The highest BCUT2D eigenvalue weighted by Gasteiger charge is 2.31. The fraction of sp³-hybridized carbons (Fsp3) is 0.500. The number of ether oxygens (including phenoxy) is 2. The van der Waals surface area contributed by atoms with Gasteiger partial charge in [0.25, 0.3) is 0 Å². The average Bonchev–Trinajstić information content (AvgIpc) is 3.00. The van der Waals surface area contributed by atoms with E-state index in [-0.39, 0.29) is 17.1 Å². The Morgan fingerprint density at radius 2 is 1.96 bits per heavy atom. The molecule has 0 unspecified atom stereocenters. The topological polar surface area (TPSA) is 90.0 Å². The largest absolute Gasteiger partial charge is 0.463 e. The third kappa shape index (κ3) is 3.44. The Morgan fingerprint density at radius 3 is 2.62 bits per heavy atom. The van der Waals surface area contributed by atoms with Crippen LogP contribution in [-0.2, 0) is 24.3 Å². The van der Waals surface area contributed by atoms with Crippen LogP contribution in [0.2, 0.25) is 0 Å². The predicted molar refractivity (Wildman–Crippen MR) is 83.8 cm³/mol. The van der Waals surface area contributed by atoms with Gasteiger partial charge in [0, 0.05) is 19.5 Å². The molecule has 2 aliphatic heterocycles. The molecule has 1 aromatic rings. The Balaban J connectivity index is 1.78. The first kappa shape index (κ1) is 16.9. The number of cyclic esters (lactones) is 1. The lowest BCUT2D eigenvalue weighted by Gasteiger charge is -2.26. The first-order valence-electron chi connectivity index (χ1n) is 7.96. The van der Waals surface area contributed by atoms with E-state index in [0.29, 0.717) is 19.5 Å². The van der Waals surface area contributed by atoms with Crippen LogP contribution in [0.4, 0.5) is 0 Å². The van der Waals surface area contributed by atoms with Gasteiger partial charge in [-0.05, 0) is 31.0 Å². The van der Waals surface area contributed by atoms with Gasteiger partial charge in [-0.3, -0.25) is 0 Å². The summed E-state index contributed by atoms with van der Waals surface area (Å²) in [7, 11) is -3.62. The molecule has 2 saturated heterocycles. The molecule has 1 aromatic carbocycles. The highest BCUT2D eigenvalue weighted by molar-refractivity contribution is 7.89. The molecular formula is C16H19NO6S. The van der Waals surface area contributed by atoms with Crippen LogP contribution in [0.5, 0.6) is 0 Å². The molecule has 0 aliphatic carbocycles. The molecule has 0 amide bonds. The van der Waals surface area contributed by atoms with Gasteiger partial charge in [-0.1, -0.05) is 12.5 Å². The average molecular weight is 353 g/mol. The summed E-state index contributed by atoms with van der Waals surface area (Å²) in [6.45, 7) is 1.20. The maximum Gasteiger partial charge on any atom is 0.347 e. The number of carbonyl (C=O) groups excluding carboxylic acids is 2. The second-order valence-corrected chi connectivity index (χ2v) is 7.78. The summed E-state index contributed by atoms with van der Waals surface area (Å²) >= 11 is 0. The van der Waals surface area contributed by atoms with Crippen LogP contribution in [0.25, 0.3) is 0 Å². The summed E-state index contributed by atoms with van der Waals surface area (Å²) in [6, 6.07) is 5.73. The zero-order valence-electron chi connectivity index (χ0n) is 13.1. The van der Waals surface area contributed by atoms with Gasteiger partial charge in [-0.2, -0.15) is 4.31 Å². The molecule has 2 aliphatic rings. The van der Waals surface area contributed by atoms with E-state index in [1.54, 1.807) is 0 Å². The molecule has 2 fully saturated rings. The van der Waals surface area contributed by atoms with Crippen molar-refractivity contribution in [3.8, 4) is 0 Å². The number of hydrogen-bond donors (Lipinski definition) is 0. The van der Waals surface area contributed by atoms with Crippen molar-refractivity contribution in [2.45, 2.75) is 36.7 Å². The van der Waals surface area contributed by atoms with Crippen molar-refractivity contribution in [2.75, 3.05) is 19.7 Å². The Morgan fingerprint density at radius 1 is 1.21 bits per heavy atom. The minimum Gasteiger partial charge on any atom is -0.463 e. The summed E-state index contributed by atoms with van der Waals surface area (Å²) in [4.78, 5) is 23.6. The van der Waals surface area contributed by atoms with Crippen molar-refractivity contribution in [3.05, 3.63) is 29.8 Å². The molecule has 7 nitrogen and oxygen atoms in total. The normalized spacial score (nSPS) is 22.2. The lowest BCUT2D eigenvalue weighted by Crippen LogP contribution is -2.35. The number of rotatable bonds is 4. The van der Waals surface area contributed by atoms with Crippen molar-refractivity contribution < 1.29 is 27.5 Å². The number of hydrogen-bond acceptors (Lipinski definition) is 6. The lowest BCUT2D eigenvalue weighted by atomic mass is 10.2. The zero-order chi connectivity index (χ0) is 17.2. The van der Waals surface area contributed by atoms with Crippen molar-refractivity contribution >= 4 is 22.0 Å². The van der Waals surface area contributed by atoms with Crippen LogP contribution in [0.3, 0.4) is 0 Å². The molecule has 130 valence electrons. The number of carbonyl (C=O) groups is 2. The first-order valence-corrected chi connectivity index (χ1v) is 9.40. The van der Waals surface area contributed by atoms with Crippen LogP contribution < -0.4 is 0 Å². The maximum absolute atomic E-state index is 12.7. The summed E-state index contributed by atoms with van der Waals surface area (Å²) in [6.07, 6.45) is 2.10. The van der Waals surface area contributed by atoms with E-state index in [2.05, 4.69) is 0 Å². The molecule has 3 rings (SSSR count). The van der Waals surface area contributed by atoms with Crippen molar-refractivity contribution in [3.63, 3.8) is 0 Å². The highest BCUT2D eigenvalue weighted by atomic mass is 32.2. The predicted octanol–water partition coefficient (Wildman–Crippen LogP) is 1.33. The van der Waals surface area contributed by atoms with Crippen molar-refractivity contribution in [2.24, 2.45) is 0 Å². The number of esters is 2. The quantitative estimate of drug-likeness (QED) is 0.759. The summed E-state index contributed by atoms with van der Waals surface area (Å²) in [5, 5.41) is 0. The van der Waals surface area contributed by atoms with E-state index in [0.717, 1.165) is 19.3 Å². The molecule has 0 saturated carbocycles. The van der Waals surface area contributed by atoms with Gasteiger partial charge in [-0.15, -0.1) is 0 Å². The molecule has 0 spiro atoms. The molecule has 0 aromatic heterocycles. The molecule has 0 radical (unpaired) electrons. The number of nitrogens with zero attached hydrogens (tertiary/aromatic N) is 1. The molecule has 1 atom stereocenters. The van der Waals surface area contributed by atoms with E-state index < -0.39 is 28.1 Å². The Hall–Kier alpha value is -1.93. The fourth-order valence-corrected chi connectivity index (χ4v) is 4.38. The van der Waals surface area contributed by atoms with E-state index in [1.165, 1.54) is 28.6 Å². The first-order chi connectivity index (χ1) is 11.5. The smallest absolute Gasteiger partial charge is 0.347 e. The van der Waals surface area contributed by atoms with Crippen LogP contribution >= 0.6 is 0 Å². The van der Waals surface area contributed by atoms with Gasteiger partial charge in [0.2, 0.25) is 16.1 Å². The molecule has 2 heterocycles. The van der Waals surface area contributed by atoms with Crippen LogP contribution in [0.15, 0.2) is 29.2 Å². The van der Waals surface area contributed by atoms with Gasteiger partial charge in [0.15, 0.2) is 0 Å². The third-order valence-electron chi connectivity index (χ3n) is 4.16. The number of piperidine rings is 1. The van der Waals surface area contributed by atoms with E-state index >= 15 is 0 Å². The van der Waals surface area contributed by atoms with E-state index in [9.17, 15) is 18.0 Å². The van der Waals surface area contributed by atoms with Gasteiger partial charge >= 0.3 is 11.9 Å². The second kappa shape index (κ2) is 6.90.